The number of ether oxygens (including phenoxy) is 2. The first kappa shape index (κ1) is 17.2. The summed E-state index contributed by atoms with van der Waals surface area (Å²) in [5.41, 5.74) is 5.51. The van der Waals surface area contributed by atoms with Gasteiger partial charge in [0.25, 0.3) is 0 Å². The molecule has 0 saturated carbocycles. The number of nitrogens with two attached hydrogens (primary N) is 1. The summed E-state index contributed by atoms with van der Waals surface area (Å²) in [6, 6.07) is 6.33. The van der Waals surface area contributed by atoms with E-state index in [1.807, 2.05) is 0 Å². The third-order valence-corrected chi connectivity index (χ3v) is 4.25. The standard InChI is InChI=1S/C12H16N2O5S2/c1-8(12(15)18-2)21(16,17)14-9-5-3-4-6-10(9)19-7-11(13)20/h3-6,8,14H,7H2,1-2H3,(H2,13,20). The number of methoxy groups -OCH3 is 1. The molecular weight excluding hydrogens is 316 g/mol. The molecule has 1 aromatic carbocycles. The molecular formula is C12H16N2O5S2. The molecule has 0 spiro atoms. The van der Waals surface area contributed by atoms with Gasteiger partial charge in [0.05, 0.1) is 12.8 Å². The second-order valence-corrected chi connectivity index (χ2v) is 6.59. The van der Waals surface area contributed by atoms with Crippen LogP contribution in [-0.2, 0) is 19.6 Å². The van der Waals surface area contributed by atoms with Crippen molar-refractivity contribution in [2.75, 3.05) is 18.4 Å². The molecule has 0 bridgehead atoms. The Balaban J connectivity index is 2.97. The molecule has 0 heterocycles. The van der Waals surface area contributed by atoms with Crippen LogP contribution in [0.25, 0.3) is 0 Å². The SMILES string of the molecule is COC(=O)C(C)S(=O)(=O)Nc1ccccc1OCC(N)=S. The maximum absolute atomic E-state index is 12.1. The summed E-state index contributed by atoms with van der Waals surface area (Å²) in [4.78, 5) is 11.5. The third-order valence-electron chi connectivity index (χ3n) is 2.51. The zero-order valence-electron chi connectivity index (χ0n) is 11.5. The zero-order chi connectivity index (χ0) is 16.0. The molecule has 0 fully saturated rings. The van der Waals surface area contributed by atoms with E-state index >= 15 is 0 Å². The Labute approximate surface area is 128 Å². The number of hydrogen-bond acceptors (Lipinski definition) is 6. The lowest BCUT2D eigenvalue weighted by Gasteiger charge is -2.15. The molecule has 1 unspecified atom stereocenters. The van der Waals surface area contributed by atoms with E-state index in [4.69, 9.17) is 22.7 Å². The number of sulfonamides is 1. The number of rotatable bonds is 7. The first-order chi connectivity index (χ1) is 9.77. The zero-order valence-corrected chi connectivity index (χ0v) is 13.2. The number of hydrogen-bond donors (Lipinski definition) is 2. The number of carbonyl (C=O) groups is 1. The Hall–Kier alpha value is -1.87. The first-order valence-corrected chi connectivity index (χ1v) is 7.83. The molecule has 0 radical (unpaired) electrons. The van der Waals surface area contributed by atoms with Gasteiger partial charge in [-0.15, -0.1) is 0 Å². The molecule has 1 atom stereocenters. The lowest BCUT2D eigenvalue weighted by molar-refractivity contribution is -0.139. The Bertz CT molecular complexity index is 630. The van der Waals surface area contributed by atoms with Gasteiger partial charge in [0.1, 0.15) is 17.3 Å². The summed E-state index contributed by atoms with van der Waals surface area (Å²) >= 11 is 4.69. The topological polar surface area (TPSA) is 108 Å². The fourth-order valence-electron chi connectivity index (χ4n) is 1.36. The van der Waals surface area contributed by atoms with Crippen LogP contribution in [-0.4, -0.2) is 38.3 Å². The van der Waals surface area contributed by atoms with Gasteiger partial charge in [-0.3, -0.25) is 9.52 Å². The van der Waals surface area contributed by atoms with Gasteiger partial charge < -0.3 is 15.2 Å². The van der Waals surface area contributed by atoms with Crippen LogP contribution < -0.4 is 15.2 Å². The van der Waals surface area contributed by atoms with E-state index in [1.165, 1.54) is 13.0 Å². The summed E-state index contributed by atoms with van der Waals surface area (Å²) in [7, 11) is -2.84. The van der Waals surface area contributed by atoms with Gasteiger partial charge in [-0.1, -0.05) is 24.4 Å². The highest BCUT2D eigenvalue weighted by Crippen LogP contribution is 2.25. The fraction of sp³-hybridized carbons (Fsp3) is 0.333. The molecule has 0 amide bonds. The molecule has 0 aliphatic carbocycles. The predicted octanol–water partition coefficient (Wildman–Crippen LogP) is 0.655. The summed E-state index contributed by atoms with van der Waals surface area (Å²) in [6.07, 6.45) is 0. The average molecular weight is 332 g/mol. The second-order valence-electron chi connectivity index (χ2n) is 4.06. The van der Waals surface area contributed by atoms with Crippen molar-refractivity contribution < 1.29 is 22.7 Å². The maximum Gasteiger partial charge on any atom is 0.325 e. The minimum atomic E-state index is -3.95. The van der Waals surface area contributed by atoms with Crippen LogP contribution >= 0.6 is 12.2 Å². The number of para-hydroxylation sites is 2. The summed E-state index contributed by atoms with van der Waals surface area (Å²) in [5.74, 6) is -0.602. The summed E-state index contributed by atoms with van der Waals surface area (Å²) < 4.78 is 36.2. The minimum absolute atomic E-state index is 0.0272. The molecule has 0 aliphatic rings. The average Bonchev–Trinajstić information content (AvgIpc) is 2.44. The van der Waals surface area contributed by atoms with Gasteiger partial charge in [0, 0.05) is 0 Å². The number of anilines is 1. The lowest BCUT2D eigenvalue weighted by Crippen LogP contribution is -2.33. The van der Waals surface area contributed by atoms with Crippen molar-refractivity contribution in [3.8, 4) is 5.75 Å². The molecule has 0 saturated heterocycles. The Morgan fingerprint density at radius 3 is 2.62 bits per heavy atom. The first-order valence-electron chi connectivity index (χ1n) is 5.87. The highest BCUT2D eigenvalue weighted by atomic mass is 32.2. The summed E-state index contributed by atoms with van der Waals surface area (Å²) in [5, 5.41) is -1.36. The Morgan fingerprint density at radius 1 is 1.43 bits per heavy atom. The van der Waals surface area contributed by atoms with Crippen LogP contribution in [0.3, 0.4) is 0 Å². The van der Waals surface area contributed by atoms with Gasteiger partial charge >= 0.3 is 5.97 Å². The lowest BCUT2D eigenvalue weighted by atomic mass is 10.3. The van der Waals surface area contributed by atoms with Crippen molar-refractivity contribution in [3.05, 3.63) is 24.3 Å². The van der Waals surface area contributed by atoms with Crippen molar-refractivity contribution >= 4 is 38.9 Å². The van der Waals surface area contributed by atoms with Crippen LogP contribution in [0, 0.1) is 0 Å². The smallest absolute Gasteiger partial charge is 0.325 e. The van der Waals surface area contributed by atoms with Crippen LogP contribution in [0.1, 0.15) is 6.92 Å². The Morgan fingerprint density at radius 2 is 2.05 bits per heavy atom. The molecule has 0 aromatic heterocycles. The minimum Gasteiger partial charge on any atom is -0.484 e. The molecule has 7 nitrogen and oxygen atoms in total. The van der Waals surface area contributed by atoms with Gasteiger partial charge in [-0.2, -0.15) is 0 Å². The number of benzene rings is 1. The largest absolute Gasteiger partial charge is 0.484 e. The van der Waals surface area contributed by atoms with Gasteiger partial charge in [0.15, 0.2) is 5.25 Å². The van der Waals surface area contributed by atoms with Crippen molar-refractivity contribution in [3.63, 3.8) is 0 Å². The number of thiocarbonyl (C=S) groups is 1. The quantitative estimate of drug-likeness (QED) is 0.557. The molecule has 1 rings (SSSR count). The van der Waals surface area contributed by atoms with E-state index < -0.39 is 21.2 Å². The normalized spacial score (nSPS) is 12.3. The molecule has 21 heavy (non-hydrogen) atoms. The summed E-state index contributed by atoms with van der Waals surface area (Å²) in [6.45, 7) is 1.20. The van der Waals surface area contributed by atoms with Crippen molar-refractivity contribution in [1.29, 1.82) is 0 Å². The fourth-order valence-corrected chi connectivity index (χ4v) is 2.42. The molecule has 1 aromatic rings. The number of nitrogens with one attached hydrogen (secondary N) is 1. The van der Waals surface area contributed by atoms with Crippen LogP contribution in [0.4, 0.5) is 5.69 Å². The van der Waals surface area contributed by atoms with Crippen molar-refractivity contribution in [2.24, 2.45) is 5.73 Å². The van der Waals surface area contributed by atoms with Crippen LogP contribution in [0.2, 0.25) is 0 Å². The second kappa shape index (κ2) is 7.23. The third kappa shape index (κ3) is 4.87. The van der Waals surface area contributed by atoms with Gasteiger partial charge in [-0.05, 0) is 19.1 Å². The molecule has 116 valence electrons. The highest BCUT2D eigenvalue weighted by molar-refractivity contribution is 7.94. The molecule has 0 aliphatic heterocycles. The predicted molar refractivity (Wildman–Crippen MR) is 82.7 cm³/mol. The van der Waals surface area contributed by atoms with E-state index in [0.717, 1.165) is 7.11 Å². The van der Waals surface area contributed by atoms with E-state index in [9.17, 15) is 13.2 Å². The van der Waals surface area contributed by atoms with Crippen molar-refractivity contribution in [2.45, 2.75) is 12.2 Å². The van der Waals surface area contributed by atoms with E-state index in [0.29, 0.717) is 0 Å². The number of carbonyl (C=O) groups excluding carboxylic acids is 1. The van der Waals surface area contributed by atoms with Gasteiger partial charge in [-0.25, -0.2) is 8.42 Å². The van der Waals surface area contributed by atoms with E-state index in [1.54, 1.807) is 18.2 Å². The van der Waals surface area contributed by atoms with Crippen LogP contribution in [0.15, 0.2) is 24.3 Å². The highest BCUT2D eigenvalue weighted by Gasteiger charge is 2.29. The monoisotopic (exact) mass is 332 g/mol. The maximum atomic E-state index is 12.1. The molecule has 3 N–H and O–H groups in total. The van der Waals surface area contributed by atoms with Crippen molar-refractivity contribution in [1.82, 2.24) is 0 Å². The Kier molecular flexibility index (Phi) is 5.91. The van der Waals surface area contributed by atoms with Gasteiger partial charge in [0.2, 0.25) is 10.0 Å². The van der Waals surface area contributed by atoms with E-state index in [2.05, 4.69) is 9.46 Å². The van der Waals surface area contributed by atoms with E-state index in [-0.39, 0.29) is 23.0 Å². The molecule has 9 heteroatoms. The number of esters is 1. The van der Waals surface area contributed by atoms with Crippen LogP contribution in [0.5, 0.6) is 5.75 Å².